The van der Waals surface area contributed by atoms with E-state index in [1.165, 1.54) is 0 Å². The first-order valence-electron chi connectivity index (χ1n) is 8.82. The fourth-order valence-electron chi connectivity index (χ4n) is 4.11. The molecule has 0 unspecified atom stereocenters. The topological polar surface area (TPSA) is 63.4 Å². The second-order valence-corrected chi connectivity index (χ2v) is 8.79. The molecule has 1 fully saturated rings. The van der Waals surface area contributed by atoms with E-state index in [9.17, 15) is 8.42 Å². The highest BCUT2D eigenvalue weighted by atomic mass is 32.2. The van der Waals surface area contributed by atoms with Crippen molar-refractivity contribution in [3.05, 3.63) is 45.8 Å². The predicted octanol–water partition coefficient (Wildman–Crippen LogP) is 4.00. The lowest BCUT2D eigenvalue weighted by Gasteiger charge is -2.26. The van der Waals surface area contributed by atoms with Crippen LogP contribution >= 0.6 is 0 Å². The summed E-state index contributed by atoms with van der Waals surface area (Å²) in [7, 11) is -3.57. The van der Waals surface area contributed by atoms with Crippen LogP contribution in [0.5, 0.6) is 0 Å². The maximum absolute atomic E-state index is 13.5. The van der Waals surface area contributed by atoms with E-state index in [2.05, 4.69) is 5.16 Å². The minimum atomic E-state index is -3.57. The minimum absolute atomic E-state index is 0.189. The molecule has 136 valence electrons. The van der Waals surface area contributed by atoms with Crippen LogP contribution in [0.4, 0.5) is 0 Å². The molecule has 0 N–H and O–H groups in total. The Kier molecular flexibility index (Phi) is 4.77. The fourth-order valence-corrected chi connectivity index (χ4v) is 6.19. The standard InChI is InChI=1S/C19H26N2O3S/c1-6-17-18(15(5)20-24-17)16-8-7-9-21(16)25(22,23)19-13(3)10-12(2)11-14(19)4/h10-11,16H,6-9H2,1-5H3/t16-/m1/s1. The molecule has 5 nitrogen and oxygen atoms in total. The molecule has 1 atom stereocenters. The number of hydrogen-bond acceptors (Lipinski definition) is 4. The van der Waals surface area contributed by atoms with Crippen LogP contribution in [0.15, 0.2) is 21.6 Å². The molecular formula is C19H26N2O3S. The van der Waals surface area contributed by atoms with Crippen molar-refractivity contribution in [3.63, 3.8) is 0 Å². The summed E-state index contributed by atoms with van der Waals surface area (Å²) in [5.74, 6) is 0.793. The molecule has 25 heavy (non-hydrogen) atoms. The van der Waals surface area contributed by atoms with Crippen molar-refractivity contribution in [1.29, 1.82) is 0 Å². The summed E-state index contributed by atoms with van der Waals surface area (Å²) in [4.78, 5) is 0.442. The number of nitrogens with zero attached hydrogens (tertiary/aromatic N) is 2. The lowest BCUT2D eigenvalue weighted by Crippen LogP contribution is -2.32. The Morgan fingerprint density at radius 3 is 2.44 bits per heavy atom. The maximum atomic E-state index is 13.5. The van der Waals surface area contributed by atoms with Gasteiger partial charge in [-0.15, -0.1) is 0 Å². The van der Waals surface area contributed by atoms with E-state index in [-0.39, 0.29) is 6.04 Å². The summed E-state index contributed by atoms with van der Waals surface area (Å²) in [6.07, 6.45) is 2.36. The zero-order valence-corrected chi connectivity index (χ0v) is 16.4. The molecule has 0 radical (unpaired) electrons. The molecule has 0 amide bonds. The highest BCUT2D eigenvalue weighted by Gasteiger charge is 2.40. The molecule has 0 aliphatic carbocycles. The first kappa shape index (κ1) is 18.1. The Balaban J connectivity index is 2.10. The molecule has 1 aromatic carbocycles. The van der Waals surface area contributed by atoms with Gasteiger partial charge in [-0.25, -0.2) is 8.42 Å². The van der Waals surface area contributed by atoms with Crippen LogP contribution in [0.1, 0.15) is 59.5 Å². The van der Waals surface area contributed by atoms with E-state index in [0.29, 0.717) is 17.9 Å². The second-order valence-electron chi connectivity index (χ2n) is 6.96. The van der Waals surface area contributed by atoms with Gasteiger partial charge in [-0.3, -0.25) is 0 Å². The molecule has 0 bridgehead atoms. The first-order valence-corrected chi connectivity index (χ1v) is 10.3. The molecule has 2 heterocycles. The third-order valence-electron chi connectivity index (χ3n) is 5.01. The minimum Gasteiger partial charge on any atom is -0.361 e. The van der Waals surface area contributed by atoms with Gasteiger partial charge < -0.3 is 4.52 Å². The Bertz CT molecular complexity index is 876. The molecule has 6 heteroatoms. The Labute approximate surface area is 150 Å². The van der Waals surface area contributed by atoms with E-state index in [4.69, 9.17) is 4.52 Å². The van der Waals surface area contributed by atoms with Gasteiger partial charge in [0.25, 0.3) is 0 Å². The van der Waals surface area contributed by atoms with Crippen molar-refractivity contribution in [2.24, 2.45) is 0 Å². The highest BCUT2D eigenvalue weighted by molar-refractivity contribution is 7.89. The Hall–Kier alpha value is -1.66. The van der Waals surface area contributed by atoms with Crippen LogP contribution in [0.25, 0.3) is 0 Å². The van der Waals surface area contributed by atoms with Gasteiger partial charge in [0.1, 0.15) is 5.76 Å². The Morgan fingerprint density at radius 1 is 1.20 bits per heavy atom. The van der Waals surface area contributed by atoms with Crippen LogP contribution in [0.3, 0.4) is 0 Å². The third-order valence-corrected chi connectivity index (χ3v) is 7.23. The molecular weight excluding hydrogens is 336 g/mol. The number of hydrogen-bond donors (Lipinski definition) is 0. The second kappa shape index (κ2) is 6.57. The summed E-state index contributed by atoms with van der Waals surface area (Å²) >= 11 is 0. The van der Waals surface area contributed by atoms with Crippen molar-refractivity contribution in [1.82, 2.24) is 9.46 Å². The summed E-state index contributed by atoms with van der Waals surface area (Å²) in [5.41, 5.74) is 4.43. The molecule has 1 aliphatic rings. The van der Waals surface area contributed by atoms with E-state index in [1.54, 1.807) is 4.31 Å². The normalized spacial score (nSPS) is 18.8. The van der Waals surface area contributed by atoms with Gasteiger partial charge in [0.05, 0.1) is 16.6 Å². The van der Waals surface area contributed by atoms with Gasteiger partial charge in [-0.1, -0.05) is 29.8 Å². The van der Waals surface area contributed by atoms with Gasteiger partial charge in [0.2, 0.25) is 10.0 Å². The van der Waals surface area contributed by atoms with Gasteiger partial charge in [0, 0.05) is 18.5 Å². The highest BCUT2D eigenvalue weighted by Crippen LogP contribution is 2.40. The zero-order valence-electron chi connectivity index (χ0n) is 15.6. The molecule has 3 rings (SSSR count). The quantitative estimate of drug-likeness (QED) is 0.825. The number of sulfonamides is 1. The van der Waals surface area contributed by atoms with Crippen molar-refractivity contribution >= 4 is 10.0 Å². The lowest BCUT2D eigenvalue weighted by atomic mass is 10.0. The van der Waals surface area contributed by atoms with Crippen molar-refractivity contribution < 1.29 is 12.9 Å². The maximum Gasteiger partial charge on any atom is 0.244 e. The van der Waals surface area contributed by atoms with Crippen LogP contribution < -0.4 is 0 Å². The van der Waals surface area contributed by atoms with Crippen LogP contribution in [0, 0.1) is 27.7 Å². The summed E-state index contributed by atoms with van der Waals surface area (Å²) < 4.78 is 34.0. The Morgan fingerprint density at radius 2 is 1.84 bits per heavy atom. The average Bonchev–Trinajstić information content (AvgIpc) is 3.11. The summed E-state index contributed by atoms with van der Waals surface area (Å²) in [6.45, 7) is 10.2. The predicted molar refractivity (Wildman–Crippen MR) is 97.1 cm³/mol. The molecule has 0 spiro atoms. The number of aryl methyl sites for hydroxylation is 5. The van der Waals surface area contributed by atoms with E-state index < -0.39 is 10.0 Å². The molecule has 0 saturated carbocycles. The molecule has 1 aliphatic heterocycles. The monoisotopic (exact) mass is 362 g/mol. The number of rotatable bonds is 4. The van der Waals surface area contributed by atoms with Gasteiger partial charge in [-0.05, 0) is 51.7 Å². The largest absolute Gasteiger partial charge is 0.361 e. The SMILES string of the molecule is CCc1onc(C)c1[C@H]1CCCN1S(=O)(=O)c1c(C)cc(C)cc1C. The van der Waals surface area contributed by atoms with E-state index in [0.717, 1.165) is 46.5 Å². The van der Waals surface area contributed by atoms with E-state index in [1.807, 2.05) is 46.8 Å². The average molecular weight is 362 g/mol. The first-order chi connectivity index (χ1) is 11.8. The van der Waals surface area contributed by atoms with E-state index >= 15 is 0 Å². The summed E-state index contributed by atoms with van der Waals surface area (Å²) in [6, 6.07) is 3.69. The lowest BCUT2D eigenvalue weighted by molar-refractivity contribution is 0.367. The van der Waals surface area contributed by atoms with Crippen molar-refractivity contribution in [3.8, 4) is 0 Å². The zero-order chi connectivity index (χ0) is 18.4. The van der Waals surface area contributed by atoms with Crippen LogP contribution in [-0.2, 0) is 16.4 Å². The van der Waals surface area contributed by atoms with Crippen molar-refractivity contribution in [2.75, 3.05) is 6.54 Å². The molecule has 1 aromatic heterocycles. The van der Waals surface area contributed by atoms with Crippen molar-refractivity contribution in [2.45, 2.75) is 64.8 Å². The van der Waals surface area contributed by atoms with Crippen LogP contribution in [-0.4, -0.2) is 24.4 Å². The fraction of sp³-hybridized carbons (Fsp3) is 0.526. The molecule has 2 aromatic rings. The van der Waals surface area contributed by atoms with Gasteiger partial charge >= 0.3 is 0 Å². The smallest absolute Gasteiger partial charge is 0.244 e. The third kappa shape index (κ3) is 3.02. The summed E-state index contributed by atoms with van der Waals surface area (Å²) in [5, 5.41) is 4.07. The van der Waals surface area contributed by atoms with Crippen LogP contribution in [0.2, 0.25) is 0 Å². The van der Waals surface area contributed by atoms with Gasteiger partial charge in [-0.2, -0.15) is 4.31 Å². The number of aromatic nitrogens is 1. The molecule has 1 saturated heterocycles. The van der Waals surface area contributed by atoms with Gasteiger partial charge in [0.15, 0.2) is 0 Å². The number of benzene rings is 1.